The summed E-state index contributed by atoms with van der Waals surface area (Å²) in [5.74, 6) is 0. The molecule has 76 valence electrons. The third-order valence-corrected chi connectivity index (χ3v) is 3.54. The lowest BCUT2D eigenvalue weighted by molar-refractivity contribution is 0.0592. The molecule has 0 aliphatic heterocycles. The van der Waals surface area contributed by atoms with Crippen LogP contribution in [0.5, 0.6) is 0 Å². The van der Waals surface area contributed by atoms with Gasteiger partial charge >= 0.3 is 0 Å². The van der Waals surface area contributed by atoms with Crippen molar-refractivity contribution in [3.8, 4) is 0 Å². The highest BCUT2D eigenvalue weighted by Crippen LogP contribution is 2.60. The minimum absolute atomic E-state index is 0.590. The van der Waals surface area contributed by atoms with Gasteiger partial charge in [-0.3, -0.25) is 0 Å². The van der Waals surface area contributed by atoms with Crippen LogP contribution in [0.25, 0.3) is 0 Å². The Balaban J connectivity index is 2.36. The fourth-order valence-electron chi connectivity index (χ4n) is 1.81. The molecule has 0 amide bonds. The monoisotopic (exact) mass is 214 g/mol. The summed E-state index contributed by atoms with van der Waals surface area (Å²) in [5.41, 5.74) is -1.70. The Morgan fingerprint density at radius 1 is 1.21 bits per heavy atom. The van der Waals surface area contributed by atoms with Crippen LogP contribution >= 0.6 is 9.24 Å². The van der Waals surface area contributed by atoms with E-state index in [0.29, 0.717) is 12.8 Å². The minimum Gasteiger partial charge on any atom is -0.202 e. The van der Waals surface area contributed by atoms with E-state index in [0.717, 1.165) is 11.1 Å². The van der Waals surface area contributed by atoms with E-state index in [-0.39, 0.29) is 0 Å². The Morgan fingerprint density at radius 3 is 2.07 bits per heavy atom. The fraction of sp³-hybridized carbons (Fsp3) is 0.455. The lowest BCUT2D eigenvalue weighted by Crippen LogP contribution is -2.26. The highest BCUT2D eigenvalue weighted by molar-refractivity contribution is 7.18. The molecule has 1 unspecified atom stereocenters. The lowest BCUT2D eigenvalue weighted by atomic mass is 9.95. The summed E-state index contributed by atoms with van der Waals surface area (Å²) in [4.78, 5) is 0. The van der Waals surface area contributed by atoms with Crippen LogP contribution in [0.3, 0.4) is 0 Å². The number of alkyl halides is 2. The number of aryl methyl sites for hydroxylation is 1. The second-order valence-corrected chi connectivity index (χ2v) is 4.80. The number of hydrogen-bond acceptors (Lipinski definition) is 0. The number of halogens is 2. The Labute approximate surface area is 84.9 Å². The summed E-state index contributed by atoms with van der Waals surface area (Å²) in [5, 5.41) is 0. The molecule has 0 spiro atoms. The number of rotatable bonds is 2. The predicted molar refractivity (Wildman–Crippen MR) is 56.7 cm³/mol. The van der Waals surface area contributed by atoms with Gasteiger partial charge in [-0.05, 0) is 25.3 Å². The molecule has 0 saturated heterocycles. The average molecular weight is 214 g/mol. The highest BCUT2D eigenvalue weighted by atomic mass is 31.0. The number of hydrogen-bond donors (Lipinski definition) is 0. The first-order valence-corrected chi connectivity index (χ1v) is 5.27. The van der Waals surface area contributed by atoms with E-state index in [9.17, 15) is 8.78 Å². The molecule has 1 aromatic carbocycles. The van der Waals surface area contributed by atoms with E-state index in [4.69, 9.17) is 0 Å². The van der Waals surface area contributed by atoms with Gasteiger partial charge in [-0.2, -0.15) is 0 Å². The molecule has 0 heterocycles. The minimum atomic E-state index is -2.68. The largest absolute Gasteiger partial charge is 0.268 e. The highest BCUT2D eigenvalue weighted by Gasteiger charge is 2.60. The van der Waals surface area contributed by atoms with Gasteiger partial charge in [-0.25, -0.2) is 8.78 Å². The van der Waals surface area contributed by atoms with Crippen LogP contribution in [0.4, 0.5) is 8.78 Å². The van der Waals surface area contributed by atoms with E-state index in [2.05, 4.69) is 0 Å². The molecule has 0 aromatic heterocycles. The zero-order chi connectivity index (χ0) is 10.4. The van der Waals surface area contributed by atoms with Crippen LogP contribution in [-0.2, 0) is 5.41 Å². The smallest absolute Gasteiger partial charge is 0.202 e. The van der Waals surface area contributed by atoms with E-state index in [1.807, 2.05) is 31.2 Å². The molecule has 1 fully saturated rings. The maximum Gasteiger partial charge on any atom is 0.268 e. The fourth-order valence-corrected chi connectivity index (χ4v) is 2.27. The molecule has 0 nitrogen and oxygen atoms in total. The third-order valence-electron chi connectivity index (χ3n) is 2.99. The molecule has 1 saturated carbocycles. The Hall–Kier alpha value is -0.490. The van der Waals surface area contributed by atoms with Crippen molar-refractivity contribution in [1.29, 1.82) is 0 Å². The van der Waals surface area contributed by atoms with Gasteiger partial charge in [0.1, 0.15) is 0 Å². The first-order valence-electron chi connectivity index (χ1n) is 4.70. The van der Waals surface area contributed by atoms with Gasteiger partial charge < -0.3 is 0 Å². The molecule has 2 rings (SSSR count). The molecule has 1 atom stereocenters. The molecule has 1 aliphatic rings. The van der Waals surface area contributed by atoms with Crippen LogP contribution in [0.1, 0.15) is 24.0 Å². The van der Waals surface area contributed by atoms with E-state index in [1.165, 1.54) is 0 Å². The van der Waals surface area contributed by atoms with Gasteiger partial charge in [0, 0.05) is 0 Å². The molecular formula is C11H13F2P. The predicted octanol–water partition coefficient (Wildman–Crippen LogP) is 3.49. The Kier molecular flexibility index (Phi) is 2.15. The first kappa shape index (κ1) is 10.0. The maximum atomic E-state index is 13.3. The van der Waals surface area contributed by atoms with E-state index in [1.54, 1.807) is 9.24 Å². The molecule has 0 bridgehead atoms. The molecule has 0 N–H and O–H groups in total. The van der Waals surface area contributed by atoms with Crippen molar-refractivity contribution in [1.82, 2.24) is 0 Å². The maximum absolute atomic E-state index is 13.3. The van der Waals surface area contributed by atoms with Gasteiger partial charge in [0.15, 0.2) is 0 Å². The van der Waals surface area contributed by atoms with Crippen molar-refractivity contribution in [2.24, 2.45) is 0 Å². The lowest BCUT2D eigenvalue weighted by Gasteiger charge is -2.23. The van der Waals surface area contributed by atoms with E-state index < -0.39 is 11.1 Å². The quantitative estimate of drug-likeness (QED) is 0.661. The normalized spacial score (nSPS) is 19.4. The molecular weight excluding hydrogens is 201 g/mol. The molecule has 1 aromatic rings. The van der Waals surface area contributed by atoms with Crippen LogP contribution in [-0.4, -0.2) is 5.66 Å². The third kappa shape index (κ3) is 1.46. The zero-order valence-corrected chi connectivity index (χ0v) is 9.21. The van der Waals surface area contributed by atoms with Gasteiger partial charge in [0.05, 0.1) is 5.41 Å². The summed E-state index contributed by atoms with van der Waals surface area (Å²) in [7, 11) is 1.68. The van der Waals surface area contributed by atoms with Crippen molar-refractivity contribution in [2.45, 2.75) is 30.8 Å². The van der Waals surface area contributed by atoms with Crippen molar-refractivity contribution >= 4 is 9.24 Å². The zero-order valence-electron chi connectivity index (χ0n) is 8.06. The van der Waals surface area contributed by atoms with Gasteiger partial charge in [0.25, 0.3) is 5.66 Å². The van der Waals surface area contributed by atoms with Crippen molar-refractivity contribution in [2.75, 3.05) is 0 Å². The van der Waals surface area contributed by atoms with Crippen LogP contribution in [0.15, 0.2) is 24.3 Å². The standard InChI is InChI=1S/C11H13F2P/c1-8-2-4-9(5-3-8)10(6-7-10)11(12,13)14/h2-5H,6-7,14H2,1H3. The van der Waals surface area contributed by atoms with Crippen LogP contribution in [0, 0.1) is 6.92 Å². The topological polar surface area (TPSA) is 0 Å². The van der Waals surface area contributed by atoms with Crippen molar-refractivity contribution in [3.05, 3.63) is 35.4 Å². The first-order chi connectivity index (χ1) is 6.46. The summed E-state index contributed by atoms with van der Waals surface area (Å²) >= 11 is 0. The van der Waals surface area contributed by atoms with Gasteiger partial charge in [-0.1, -0.05) is 39.1 Å². The van der Waals surface area contributed by atoms with Crippen LogP contribution < -0.4 is 0 Å². The van der Waals surface area contributed by atoms with Gasteiger partial charge in [0.2, 0.25) is 0 Å². The second kappa shape index (κ2) is 3.00. The Bertz CT molecular complexity index is 333. The number of benzene rings is 1. The Morgan fingerprint density at radius 2 is 1.71 bits per heavy atom. The molecule has 14 heavy (non-hydrogen) atoms. The summed E-state index contributed by atoms with van der Waals surface area (Å²) in [6, 6.07) is 7.43. The summed E-state index contributed by atoms with van der Waals surface area (Å²) < 4.78 is 26.6. The average Bonchev–Trinajstić information content (AvgIpc) is 2.84. The van der Waals surface area contributed by atoms with Crippen molar-refractivity contribution < 1.29 is 8.78 Å². The SMILES string of the molecule is Cc1ccc(C2(C(F)(F)P)CC2)cc1. The van der Waals surface area contributed by atoms with E-state index >= 15 is 0 Å². The van der Waals surface area contributed by atoms with Crippen LogP contribution in [0.2, 0.25) is 0 Å². The molecule has 3 heteroatoms. The molecule has 0 radical (unpaired) electrons. The molecule has 1 aliphatic carbocycles. The van der Waals surface area contributed by atoms with Gasteiger partial charge in [-0.15, -0.1) is 0 Å². The summed E-state index contributed by atoms with van der Waals surface area (Å²) in [6.07, 6.45) is 1.18. The van der Waals surface area contributed by atoms with Crippen molar-refractivity contribution in [3.63, 3.8) is 0 Å². The second-order valence-electron chi connectivity index (χ2n) is 4.07. The summed E-state index contributed by atoms with van der Waals surface area (Å²) in [6.45, 7) is 1.96.